The van der Waals surface area contributed by atoms with Crippen molar-refractivity contribution in [1.29, 1.82) is 0 Å². The average Bonchev–Trinajstić information content (AvgIpc) is 3.15. The number of hydrogen-bond donors (Lipinski definition) is 0. The average molecular weight is 563 g/mol. The molecule has 2 aromatic carbocycles. The Kier molecular flexibility index (Phi) is 8.62. The van der Waals surface area contributed by atoms with Crippen LogP contribution in [-0.2, 0) is 26.3 Å². The van der Waals surface area contributed by atoms with Crippen LogP contribution < -0.4 is 9.64 Å². The molecule has 2 aromatic rings. The number of Topliss-reactive ketones (excluding diaryl/α,β-unsaturated/α-hetero) is 1. The number of ketones is 1. The lowest BCUT2D eigenvalue weighted by atomic mass is 9.76. The van der Waals surface area contributed by atoms with E-state index in [0.29, 0.717) is 42.7 Å². The number of ether oxygens (including phenoxy) is 2. The minimum atomic E-state index is -0.856. The lowest BCUT2D eigenvalue weighted by molar-refractivity contribution is -0.385. The van der Waals surface area contributed by atoms with Gasteiger partial charge in [-0.2, -0.15) is 0 Å². The fourth-order valence-corrected chi connectivity index (χ4v) is 6.11. The van der Waals surface area contributed by atoms with E-state index in [9.17, 15) is 19.7 Å². The first-order valence-corrected chi connectivity index (χ1v) is 14.7. The lowest BCUT2D eigenvalue weighted by Gasteiger charge is -2.47. The van der Waals surface area contributed by atoms with E-state index in [-0.39, 0.29) is 29.9 Å². The minimum absolute atomic E-state index is 0.0891. The molecule has 0 amide bonds. The molecule has 1 atom stereocenters. The Morgan fingerprint density at radius 2 is 1.76 bits per heavy atom. The Bertz CT molecular complexity index is 1360. The van der Waals surface area contributed by atoms with Crippen molar-refractivity contribution in [2.24, 2.45) is 5.41 Å². The van der Waals surface area contributed by atoms with Gasteiger partial charge in [-0.15, -0.1) is 0 Å². The molecular weight excluding hydrogens is 520 g/mol. The number of nitro groups is 1. The molecule has 0 aromatic heterocycles. The van der Waals surface area contributed by atoms with Gasteiger partial charge >= 0.3 is 5.97 Å². The highest BCUT2D eigenvalue weighted by Gasteiger charge is 2.58. The van der Waals surface area contributed by atoms with E-state index in [4.69, 9.17) is 9.47 Å². The van der Waals surface area contributed by atoms with Gasteiger partial charge in [0.05, 0.1) is 10.3 Å². The van der Waals surface area contributed by atoms with Crippen LogP contribution in [0.15, 0.2) is 42.5 Å². The summed E-state index contributed by atoms with van der Waals surface area (Å²) in [4.78, 5) is 38.7. The van der Waals surface area contributed by atoms with Crippen LogP contribution >= 0.6 is 0 Å². The number of esters is 1. The van der Waals surface area contributed by atoms with Crippen LogP contribution in [0, 0.1) is 15.5 Å². The number of hydrogen-bond acceptors (Lipinski definition) is 7. The second kappa shape index (κ2) is 11.7. The molecule has 0 N–H and O–H groups in total. The Labute approximate surface area is 242 Å². The topological polar surface area (TPSA) is 99.0 Å². The first-order chi connectivity index (χ1) is 19.4. The van der Waals surface area contributed by atoms with Gasteiger partial charge in [0, 0.05) is 53.7 Å². The molecule has 220 valence electrons. The number of carbonyl (C=O) groups is 2. The first kappa shape index (κ1) is 30.3. The summed E-state index contributed by atoms with van der Waals surface area (Å²) in [6, 6.07) is 11.1. The zero-order chi connectivity index (χ0) is 30.0. The van der Waals surface area contributed by atoms with Crippen molar-refractivity contribution < 1.29 is 24.0 Å². The molecule has 0 saturated carbocycles. The summed E-state index contributed by atoms with van der Waals surface area (Å²) in [5, 5.41) is 11.7. The zero-order valence-electron chi connectivity index (χ0n) is 25.1. The van der Waals surface area contributed by atoms with E-state index < -0.39 is 22.0 Å². The normalized spacial score (nSPS) is 18.5. The quantitative estimate of drug-likeness (QED) is 0.114. The van der Waals surface area contributed by atoms with Gasteiger partial charge in [-0.25, -0.2) is 0 Å². The number of carbonyl (C=O) groups excluding carboxylic acids is 2. The molecule has 41 heavy (non-hydrogen) atoms. The Hall–Kier alpha value is -3.68. The molecule has 0 aliphatic carbocycles. The van der Waals surface area contributed by atoms with Crippen LogP contribution in [0.3, 0.4) is 0 Å². The van der Waals surface area contributed by atoms with Crippen molar-refractivity contribution in [3.8, 4) is 5.75 Å². The Morgan fingerprint density at radius 1 is 1.07 bits per heavy atom. The number of nitro benzene ring substituents is 1. The zero-order valence-corrected chi connectivity index (χ0v) is 25.1. The van der Waals surface area contributed by atoms with Crippen molar-refractivity contribution in [2.45, 2.75) is 97.8 Å². The number of rotatable bonds is 12. The number of nitrogens with zero attached hydrogens (tertiary/aromatic N) is 2. The number of anilines is 1. The fourth-order valence-electron chi connectivity index (χ4n) is 6.11. The van der Waals surface area contributed by atoms with Crippen molar-refractivity contribution in [3.05, 3.63) is 69.3 Å². The van der Waals surface area contributed by atoms with Gasteiger partial charge in [0.15, 0.2) is 0 Å². The van der Waals surface area contributed by atoms with Crippen LogP contribution in [-0.4, -0.2) is 28.9 Å². The summed E-state index contributed by atoms with van der Waals surface area (Å²) in [5.41, 5.74) is 1.57. The van der Waals surface area contributed by atoms with Gasteiger partial charge in [0.25, 0.3) is 5.69 Å². The van der Waals surface area contributed by atoms with Crippen LogP contribution in [0.5, 0.6) is 5.75 Å². The monoisotopic (exact) mass is 562 g/mol. The highest BCUT2D eigenvalue weighted by molar-refractivity contribution is 5.84. The largest absolute Gasteiger partial charge is 0.462 e. The maximum Gasteiger partial charge on any atom is 0.306 e. The number of fused-ring (bicyclic) bond motifs is 2. The molecule has 0 saturated heterocycles. The van der Waals surface area contributed by atoms with E-state index >= 15 is 0 Å². The number of para-hydroxylation sites is 1. The van der Waals surface area contributed by atoms with Crippen molar-refractivity contribution in [1.82, 2.24) is 0 Å². The number of benzene rings is 2. The highest BCUT2D eigenvalue weighted by Crippen LogP contribution is 2.55. The van der Waals surface area contributed by atoms with Gasteiger partial charge in [0.1, 0.15) is 18.1 Å². The van der Waals surface area contributed by atoms with Crippen LogP contribution in [0.25, 0.3) is 6.08 Å². The third-order valence-electron chi connectivity index (χ3n) is 9.27. The standard InChI is InChI=1S/C33H42N2O6/c1-7-32(6,8-2)28(36)16-12-13-17-29(37)40-22-24-21-25(35(38)39)20-23-18-19-33(41-30(23)24)31(4,5)26-14-10-11-15-27(26)34(33)9-3/h10-11,14-15,18-21H,7-9,12-13,16-17,22H2,1-6H3. The fraction of sp³-hybridized carbons (Fsp3) is 0.515. The van der Waals surface area contributed by atoms with Crippen LogP contribution in [0.4, 0.5) is 11.4 Å². The third-order valence-corrected chi connectivity index (χ3v) is 9.27. The molecule has 2 aliphatic heterocycles. The second-order valence-electron chi connectivity index (χ2n) is 11.9. The van der Waals surface area contributed by atoms with E-state index in [2.05, 4.69) is 37.8 Å². The molecular formula is C33H42N2O6. The highest BCUT2D eigenvalue weighted by atomic mass is 16.6. The molecule has 8 nitrogen and oxygen atoms in total. The summed E-state index contributed by atoms with van der Waals surface area (Å²) < 4.78 is 12.4. The smallest absolute Gasteiger partial charge is 0.306 e. The van der Waals surface area contributed by atoms with Crippen LogP contribution in [0.2, 0.25) is 0 Å². The first-order valence-electron chi connectivity index (χ1n) is 14.7. The molecule has 0 bridgehead atoms. The van der Waals surface area contributed by atoms with Gasteiger partial charge in [0.2, 0.25) is 5.72 Å². The van der Waals surface area contributed by atoms with Crippen molar-refractivity contribution in [2.75, 3.05) is 11.4 Å². The number of likely N-dealkylation sites (N-methyl/N-ethyl adjacent to an activating group) is 1. The van der Waals surface area contributed by atoms with E-state index in [0.717, 1.165) is 24.1 Å². The Morgan fingerprint density at radius 3 is 2.41 bits per heavy atom. The van der Waals surface area contributed by atoms with E-state index in [1.165, 1.54) is 12.1 Å². The molecule has 2 heterocycles. The number of unbranched alkanes of at least 4 members (excludes halogenated alkanes) is 1. The van der Waals surface area contributed by atoms with Gasteiger partial charge in [-0.3, -0.25) is 19.7 Å². The predicted molar refractivity (Wildman–Crippen MR) is 160 cm³/mol. The predicted octanol–water partition coefficient (Wildman–Crippen LogP) is 7.51. The van der Waals surface area contributed by atoms with E-state index in [1.807, 2.05) is 45.1 Å². The summed E-state index contributed by atoms with van der Waals surface area (Å²) in [6.07, 6.45) is 7.25. The molecule has 1 spiro atoms. The van der Waals surface area contributed by atoms with E-state index in [1.54, 1.807) is 0 Å². The number of non-ortho nitro benzene ring substituents is 1. The third kappa shape index (κ3) is 5.36. The minimum Gasteiger partial charge on any atom is -0.462 e. The van der Waals surface area contributed by atoms with Crippen molar-refractivity contribution in [3.63, 3.8) is 0 Å². The second-order valence-corrected chi connectivity index (χ2v) is 11.9. The van der Waals surface area contributed by atoms with Gasteiger partial charge in [-0.1, -0.05) is 39.0 Å². The summed E-state index contributed by atoms with van der Waals surface area (Å²) in [6.45, 7) is 12.9. The molecule has 2 aliphatic rings. The molecule has 0 fully saturated rings. The SMILES string of the molecule is CCN1c2ccccc2C(C)(C)C12C=Cc1cc([N+](=O)[O-])cc(COC(=O)CCCCC(=O)C(C)(CC)CC)c1O2. The summed E-state index contributed by atoms with van der Waals surface area (Å²) >= 11 is 0. The lowest BCUT2D eigenvalue weighted by Crippen LogP contribution is -2.59. The maximum absolute atomic E-state index is 12.7. The molecule has 1 unspecified atom stereocenters. The Balaban J connectivity index is 1.51. The molecule has 0 radical (unpaired) electrons. The van der Waals surface area contributed by atoms with Crippen LogP contribution in [0.1, 0.15) is 96.8 Å². The summed E-state index contributed by atoms with van der Waals surface area (Å²) in [7, 11) is 0. The van der Waals surface area contributed by atoms with Gasteiger partial charge in [-0.05, 0) is 70.2 Å². The van der Waals surface area contributed by atoms with Crippen molar-refractivity contribution >= 4 is 29.2 Å². The maximum atomic E-state index is 12.7. The summed E-state index contributed by atoms with van der Waals surface area (Å²) in [5.74, 6) is 0.307. The molecule has 8 heteroatoms. The van der Waals surface area contributed by atoms with Gasteiger partial charge < -0.3 is 14.4 Å². The molecule has 4 rings (SSSR count).